The second kappa shape index (κ2) is 8.68. The predicted molar refractivity (Wildman–Crippen MR) is 105 cm³/mol. The molecule has 0 aliphatic carbocycles. The Bertz CT molecular complexity index is 801. The van der Waals surface area contributed by atoms with Crippen LogP contribution in [0, 0.1) is 6.92 Å². The van der Waals surface area contributed by atoms with E-state index in [-0.39, 0.29) is 11.8 Å². The van der Waals surface area contributed by atoms with Gasteiger partial charge in [0.1, 0.15) is 12.1 Å². The lowest BCUT2D eigenvalue weighted by atomic mass is 9.94. The highest BCUT2D eigenvalue weighted by Crippen LogP contribution is 2.27. The van der Waals surface area contributed by atoms with Crippen molar-refractivity contribution in [3.8, 4) is 0 Å². The molecule has 4 rings (SSSR count). The number of anilines is 1. The zero-order chi connectivity index (χ0) is 19.3. The SMILES string of the molecule is Cc1cnn(CCC(=O)N2CCC[C@@H](c3cc(N4CCOCC4)ncn3)C2)c1. The van der Waals surface area contributed by atoms with Crippen molar-refractivity contribution in [2.45, 2.75) is 38.6 Å². The first-order chi connectivity index (χ1) is 13.7. The number of ether oxygens (including phenoxy) is 1. The van der Waals surface area contributed by atoms with Crippen LogP contribution in [0.15, 0.2) is 24.8 Å². The van der Waals surface area contributed by atoms with Crippen molar-refractivity contribution in [1.82, 2.24) is 24.6 Å². The van der Waals surface area contributed by atoms with E-state index in [4.69, 9.17) is 4.74 Å². The number of rotatable bonds is 5. The molecule has 0 aromatic carbocycles. The summed E-state index contributed by atoms with van der Waals surface area (Å²) < 4.78 is 7.27. The number of hydrogen-bond acceptors (Lipinski definition) is 6. The molecule has 2 fully saturated rings. The van der Waals surface area contributed by atoms with Crippen molar-refractivity contribution in [3.63, 3.8) is 0 Å². The van der Waals surface area contributed by atoms with E-state index in [9.17, 15) is 4.79 Å². The molecule has 1 atom stereocenters. The third-order valence-corrected chi connectivity index (χ3v) is 5.52. The fourth-order valence-electron chi connectivity index (χ4n) is 3.95. The van der Waals surface area contributed by atoms with E-state index >= 15 is 0 Å². The molecule has 1 amide bonds. The van der Waals surface area contributed by atoms with Gasteiger partial charge >= 0.3 is 0 Å². The van der Waals surface area contributed by atoms with Gasteiger partial charge in [-0.15, -0.1) is 0 Å². The minimum Gasteiger partial charge on any atom is -0.378 e. The van der Waals surface area contributed by atoms with E-state index in [0.29, 0.717) is 13.0 Å². The highest BCUT2D eigenvalue weighted by molar-refractivity contribution is 5.76. The topological polar surface area (TPSA) is 76.4 Å². The molecule has 2 aromatic rings. The molecule has 0 N–H and O–H groups in total. The van der Waals surface area contributed by atoms with Crippen LogP contribution in [0.3, 0.4) is 0 Å². The fourth-order valence-corrected chi connectivity index (χ4v) is 3.95. The van der Waals surface area contributed by atoms with E-state index in [2.05, 4.69) is 26.0 Å². The summed E-state index contributed by atoms with van der Waals surface area (Å²) in [6, 6.07) is 2.09. The summed E-state index contributed by atoms with van der Waals surface area (Å²) in [6.07, 6.45) is 8.00. The van der Waals surface area contributed by atoms with Gasteiger partial charge in [0.25, 0.3) is 0 Å². The highest BCUT2D eigenvalue weighted by atomic mass is 16.5. The van der Waals surface area contributed by atoms with Crippen LogP contribution >= 0.6 is 0 Å². The number of amides is 1. The third kappa shape index (κ3) is 4.49. The first-order valence-electron chi connectivity index (χ1n) is 10.1. The number of hydrogen-bond donors (Lipinski definition) is 0. The number of aryl methyl sites for hydroxylation is 2. The normalized spacial score (nSPS) is 20.4. The molecule has 8 heteroatoms. The molecule has 0 spiro atoms. The molecular weight excluding hydrogens is 356 g/mol. The van der Waals surface area contributed by atoms with Gasteiger partial charge < -0.3 is 14.5 Å². The van der Waals surface area contributed by atoms with Gasteiger partial charge in [0.15, 0.2) is 0 Å². The minimum atomic E-state index is 0.195. The number of carbonyl (C=O) groups excluding carboxylic acids is 1. The van der Waals surface area contributed by atoms with Gasteiger partial charge in [-0.3, -0.25) is 9.48 Å². The Labute approximate surface area is 165 Å². The Morgan fingerprint density at radius 3 is 2.89 bits per heavy atom. The van der Waals surface area contributed by atoms with Crippen LogP contribution in [0.5, 0.6) is 0 Å². The van der Waals surface area contributed by atoms with Crippen LogP contribution in [-0.4, -0.2) is 69.9 Å². The number of morpholine rings is 1. The van der Waals surface area contributed by atoms with Crippen LogP contribution in [0.1, 0.15) is 36.4 Å². The van der Waals surface area contributed by atoms with Gasteiger partial charge in [0, 0.05) is 57.3 Å². The van der Waals surface area contributed by atoms with Gasteiger partial charge in [-0.25, -0.2) is 9.97 Å². The molecule has 2 aromatic heterocycles. The van der Waals surface area contributed by atoms with Crippen molar-refractivity contribution in [2.24, 2.45) is 0 Å². The van der Waals surface area contributed by atoms with Crippen molar-refractivity contribution < 1.29 is 9.53 Å². The maximum absolute atomic E-state index is 12.7. The molecule has 28 heavy (non-hydrogen) atoms. The number of nitrogens with zero attached hydrogens (tertiary/aromatic N) is 6. The van der Waals surface area contributed by atoms with E-state index in [0.717, 1.165) is 69.3 Å². The number of aromatic nitrogens is 4. The summed E-state index contributed by atoms with van der Waals surface area (Å²) in [6.45, 7) is 7.39. The summed E-state index contributed by atoms with van der Waals surface area (Å²) in [5.74, 6) is 1.43. The molecule has 2 saturated heterocycles. The molecule has 0 bridgehead atoms. The monoisotopic (exact) mass is 384 g/mol. The van der Waals surface area contributed by atoms with Gasteiger partial charge in [0.05, 0.1) is 25.1 Å². The average molecular weight is 384 g/mol. The van der Waals surface area contributed by atoms with Crippen molar-refractivity contribution in [1.29, 1.82) is 0 Å². The number of likely N-dealkylation sites (tertiary alicyclic amines) is 1. The molecule has 150 valence electrons. The summed E-state index contributed by atoms with van der Waals surface area (Å²) >= 11 is 0. The molecule has 0 saturated carbocycles. The lowest BCUT2D eigenvalue weighted by molar-refractivity contribution is -0.132. The molecular formula is C20H28N6O2. The zero-order valence-electron chi connectivity index (χ0n) is 16.5. The number of piperidine rings is 1. The number of carbonyl (C=O) groups is 1. The largest absolute Gasteiger partial charge is 0.378 e. The zero-order valence-corrected chi connectivity index (χ0v) is 16.5. The lowest BCUT2D eigenvalue weighted by Crippen LogP contribution is -2.40. The van der Waals surface area contributed by atoms with Crippen molar-refractivity contribution in [2.75, 3.05) is 44.3 Å². The van der Waals surface area contributed by atoms with Gasteiger partial charge in [-0.1, -0.05) is 0 Å². The van der Waals surface area contributed by atoms with Gasteiger partial charge in [0.2, 0.25) is 5.91 Å². The molecule has 2 aliphatic rings. The maximum Gasteiger partial charge on any atom is 0.224 e. The van der Waals surface area contributed by atoms with E-state index in [1.165, 1.54) is 0 Å². The van der Waals surface area contributed by atoms with Crippen molar-refractivity contribution in [3.05, 3.63) is 36.0 Å². The highest BCUT2D eigenvalue weighted by Gasteiger charge is 2.26. The van der Waals surface area contributed by atoms with Crippen LogP contribution in [-0.2, 0) is 16.1 Å². The van der Waals surface area contributed by atoms with Gasteiger partial charge in [-0.2, -0.15) is 5.10 Å². The Morgan fingerprint density at radius 1 is 1.25 bits per heavy atom. The second-order valence-electron chi connectivity index (χ2n) is 7.61. The quantitative estimate of drug-likeness (QED) is 0.780. The maximum atomic E-state index is 12.7. The molecule has 8 nitrogen and oxygen atoms in total. The van der Waals surface area contributed by atoms with Crippen LogP contribution < -0.4 is 4.90 Å². The summed E-state index contributed by atoms with van der Waals surface area (Å²) in [4.78, 5) is 25.9. The fraction of sp³-hybridized carbons (Fsp3) is 0.600. The minimum absolute atomic E-state index is 0.195. The Morgan fingerprint density at radius 2 is 2.11 bits per heavy atom. The smallest absolute Gasteiger partial charge is 0.224 e. The Kier molecular flexibility index (Phi) is 5.85. The first-order valence-corrected chi connectivity index (χ1v) is 10.1. The average Bonchev–Trinajstić information content (AvgIpc) is 3.18. The standard InChI is InChI=1S/C20H28N6O2/c1-16-12-23-26(13-16)6-4-20(27)25-5-2-3-17(14-25)18-11-19(22-15-21-18)24-7-9-28-10-8-24/h11-13,15,17H,2-10,14H2,1H3/t17-/m1/s1. The van der Waals surface area contributed by atoms with Crippen LogP contribution in [0.2, 0.25) is 0 Å². The van der Waals surface area contributed by atoms with E-state index in [1.807, 2.05) is 28.9 Å². The van der Waals surface area contributed by atoms with Crippen LogP contribution in [0.4, 0.5) is 5.82 Å². The Hall–Kier alpha value is -2.48. The molecule has 0 radical (unpaired) electrons. The second-order valence-corrected chi connectivity index (χ2v) is 7.61. The third-order valence-electron chi connectivity index (χ3n) is 5.52. The van der Waals surface area contributed by atoms with Crippen LogP contribution in [0.25, 0.3) is 0 Å². The lowest BCUT2D eigenvalue weighted by Gasteiger charge is -2.33. The molecule has 4 heterocycles. The summed E-state index contributed by atoms with van der Waals surface area (Å²) in [7, 11) is 0. The van der Waals surface area contributed by atoms with Gasteiger partial charge in [-0.05, 0) is 25.3 Å². The first kappa shape index (κ1) is 18.9. The van der Waals surface area contributed by atoms with Crippen molar-refractivity contribution >= 4 is 11.7 Å². The molecule has 2 aliphatic heterocycles. The predicted octanol–water partition coefficient (Wildman–Crippen LogP) is 1.61. The summed E-state index contributed by atoms with van der Waals surface area (Å²) in [5, 5.41) is 4.26. The summed E-state index contributed by atoms with van der Waals surface area (Å²) in [5.41, 5.74) is 2.15. The van der Waals surface area contributed by atoms with E-state index in [1.54, 1.807) is 6.33 Å². The molecule has 0 unspecified atom stereocenters. The Balaban J connectivity index is 1.37. The van der Waals surface area contributed by atoms with E-state index < -0.39 is 0 Å².